The minimum Gasteiger partial charge on any atom is -0.298 e. The first kappa shape index (κ1) is 19.4. The predicted octanol–water partition coefficient (Wildman–Crippen LogP) is 5.13. The van der Waals surface area contributed by atoms with Gasteiger partial charge < -0.3 is 0 Å². The number of rotatable bonds is 4. The van der Waals surface area contributed by atoms with E-state index in [0.29, 0.717) is 6.04 Å². The van der Waals surface area contributed by atoms with E-state index in [-0.39, 0.29) is 5.82 Å². The van der Waals surface area contributed by atoms with Crippen LogP contribution in [0.4, 0.5) is 4.39 Å². The Labute approximate surface area is 177 Å². The number of allylic oxidation sites excluding steroid dienone is 1. The molecule has 1 atom stereocenters. The highest BCUT2D eigenvalue weighted by molar-refractivity contribution is 5.78. The molecule has 3 aromatic rings. The molecule has 1 aliphatic heterocycles. The minimum absolute atomic E-state index is 0.0990. The summed E-state index contributed by atoms with van der Waals surface area (Å²) in [5.74, 6) is -0.0990. The van der Waals surface area contributed by atoms with Crippen molar-refractivity contribution in [2.75, 3.05) is 26.2 Å². The van der Waals surface area contributed by atoms with Gasteiger partial charge in [-0.3, -0.25) is 14.8 Å². The van der Waals surface area contributed by atoms with Crippen LogP contribution in [0.2, 0.25) is 0 Å². The molecule has 154 valence electrons. The SMILES string of the molecule is Fc1ccccc1C1=CCC(N2CCN(Cc3ccc4ccccc4n3)CC2)CC1. The monoisotopic (exact) mass is 401 g/mol. The van der Waals surface area contributed by atoms with Crippen LogP contribution in [0.3, 0.4) is 0 Å². The predicted molar refractivity (Wildman–Crippen MR) is 121 cm³/mol. The lowest BCUT2D eigenvalue weighted by Gasteiger charge is -2.40. The Morgan fingerprint density at radius 2 is 1.70 bits per heavy atom. The summed E-state index contributed by atoms with van der Waals surface area (Å²) >= 11 is 0. The van der Waals surface area contributed by atoms with Crippen molar-refractivity contribution in [1.82, 2.24) is 14.8 Å². The second kappa shape index (κ2) is 8.66. The lowest BCUT2D eigenvalue weighted by atomic mass is 9.89. The number of fused-ring (bicyclic) bond motifs is 1. The van der Waals surface area contributed by atoms with Gasteiger partial charge in [0.1, 0.15) is 5.82 Å². The van der Waals surface area contributed by atoms with Gasteiger partial charge in [-0.05, 0) is 43.0 Å². The summed E-state index contributed by atoms with van der Waals surface area (Å²) in [6, 6.07) is 20.4. The summed E-state index contributed by atoms with van der Waals surface area (Å²) in [6.07, 6.45) is 5.37. The van der Waals surface area contributed by atoms with E-state index in [1.165, 1.54) is 11.0 Å². The molecule has 1 aromatic heterocycles. The average Bonchev–Trinajstić information content (AvgIpc) is 2.80. The highest BCUT2D eigenvalue weighted by Crippen LogP contribution is 2.31. The Bertz CT molecular complexity index is 1050. The summed E-state index contributed by atoms with van der Waals surface area (Å²) in [7, 11) is 0. The molecule has 2 aromatic carbocycles. The number of piperazine rings is 1. The second-order valence-electron chi connectivity index (χ2n) is 8.44. The topological polar surface area (TPSA) is 19.4 Å². The molecule has 30 heavy (non-hydrogen) atoms. The van der Waals surface area contributed by atoms with Gasteiger partial charge >= 0.3 is 0 Å². The quantitative estimate of drug-likeness (QED) is 0.604. The standard InChI is InChI=1S/C26H28FN3/c27-25-7-3-2-6-24(25)20-10-13-23(14-11-20)30-17-15-29(16-18-30)19-22-12-9-21-5-1-4-8-26(21)28-22/h1-10,12,23H,11,13-19H2. The fourth-order valence-corrected chi connectivity index (χ4v) is 4.83. The summed E-state index contributed by atoms with van der Waals surface area (Å²) in [5, 5.41) is 1.20. The summed E-state index contributed by atoms with van der Waals surface area (Å²) in [5.41, 5.74) is 4.18. The molecule has 2 aliphatic rings. The first-order valence-corrected chi connectivity index (χ1v) is 11.0. The lowest BCUT2D eigenvalue weighted by Crippen LogP contribution is -2.50. The highest BCUT2D eigenvalue weighted by Gasteiger charge is 2.26. The number of pyridine rings is 1. The van der Waals surface area contributed by atoms with Crippen molar-refractivity contribution in [2.45, 2.75) is 31.8 Å². The summed E-state index contributed by atoms with van der Waals surface area (Å²) in [4.78, 5) is 9.96. The van der Waals surface area contributed by atoms with Gasteiger partial charge in [0.25, 0.3) is 0 Å². The first-order chi connectivity index (χ1) is 14.8. The fraction of sp³-hybridized carbons (Fsp3) is 0.346. The number of aromatic nitrogens is 1. The minimum atomic E-state index is -0.0990. The van der Waals surface area contributed by atoms with Crippen molar-refractivity contribution < 1.29 is 4.39 Å². The molecule has 4 heteroatoms. The normalized spacial score (nSPS) is 21.0. The summed E-state index contributed by atoms with van der Waals surface area (Å²) < 4.78 is 14.1. The van der Waals surface area contributed by atoms with Crippen molar-refractivity contribution in [3.63, 3.8) is 0 Å². The molecular weight excluding hydrogens is 373 g/mol. The van der Waals surface area contributed by atoms with Crippen LogP contribution in [-0.2, 0) is 6.54 Å². The molecule has 0 N–H and O–H groups in total. The zero-order valence-corrected chi connectivity index (χ0v) is 17.3. The van der Waals surface area contributed by atoms with E-state index in [1.54, 1.807) is 12.1 Å². The van der Waals surface area contributed by atoms with Gasteiger partial charge in [0.05, 0.1) is 11.2 Å². The molecule has 2 heterocycles. The molecule has 0 radical (unpaired) electrons. The molecule has 1 aliphatic carbocycles. The van der Waals surface area contributed by atoms with Gasteiger partial charge in [0.2, 0.25) is 0 Å². The van der Waals surface area contributed by atoms with Crippen LogP contribution in [0.15, 0.2) is 66.7 Å². The Balaban J connectivity index is 1.16. The zero-order chi connectivity index (χ0) is 20.3. The maximum absolute atomic E-state index is 14.1. The average molecular weight is 402 g/mol. The van der Waals surface area contributed by atoms with Gasteiger partial charge in [-0.25, -0.2) is 4.39 Å². The largest absolute Gasteiger partial charge is 0.298 e. The Hall–Kier alpha value is -2.56. The van der Waals surface area contributed by atoms with E-state index in [1.807, 2.05) is 18.2 Å². The number of para-hydroxylation sites is 1. The third-order valence-electron chi connectivity index (χ3n) is 6.57. The number of halogens is 1. The van der Waals surface area contributed by atoms with E-state index < -0.39 is 0 Å². The molecular formula is C26H28FN3. The molecule has 0 saturated carbocycles. The highest BCUT2D eigenvalue weighted by atomic mass is 19.1. The van der Waals surface area contributed by atoms with Crippen molar-refractivity contribution in [1.29, 1.82) is 0 Å². The van der Waals surface area contributed by atoms with Gasteiger partial charge in [-0.15, -0.1) is 0 Å². The third-order valence-corrected chi connectivity index (χ3v) is 6.57. The Morgan fingerprint density at radius 3 is 2.50 bits per heavy atom. The first-order valence-electron chi connectivity index (χ1n) is 11.0. The van der Waals surface area contributed by atoms with Gasteiger partial charge in [0, 0.05) is 49.7 Å². The maximum atomic E-state index is 14.1. The Morgan fingerprint density at radius 1 is 0.900 bits per heavy atom. The van der Waals surface area contributed by atoms with Gasteiger partial charge in [-0.2, -0.15) is 0 Å². The van der Waals surface area contributed by atoms with E-state index in [0.717, 1.165) is 68.8 Å². The molecule has 1 saturated heterocycles. The van der Waals surface area contributed by atoms with E-state index >= 15 is 0 Å². The van der Waals surface area contributed by atoms with Crippen LogP contribution in [0.5, 0.6) is 0 Å². The van der Waals surface area contributed by atoms with Crippen LogP contribution in [0.1, 0.15) is 30.5 Å². The van der Waals surface area contributed by atoms with Gasteiger partial charge in [0.15, 0.2) is 0 Å². The van der Waals surface area contributed by atoms with Crippen LogP contribution in [-0.4, -0.2) is 47.0 Å². The van der Waals surface area contributed by atoms with Crippen molar-refractivity contribution in [2.24, 2.45) is 0 Å². The number of benzene rings is 2. The smallest absolute Gasteiger partial charge is 0.130 e. The molecule has 1 fully saturated rings. The second-order valence-corrected chi connectivity index (χ2v) is 8.44. The van der Waals surface area contributed by atoms with E-state index in [2.05, 4.69) is 46.2 Å². The number of hydrogen-bond acceptors (Lipinski definition) is 3. The molecule has 0 bridgehead atoms. The van der Waals surface area contributed by atoms with E-state index in [4.69, 9.17) is 4.98 Å². The van der Waals surface area contributed by atoms with Crippen molar-refractivity contribution >= 4 is 16.5 Å². The van der Waals surface area contributed by atoms with Crippen LogP contribution < -0.4 is 0 Å². The molecule has 1 unspecified atom stereocenters. The van der Waals surface area contributed by atoms with E-state index in [9.17, 15) is 4.39 Å². The molecule has 0 amide bonds. The molecule has 0 spiro atoms. The number of hydrogen-bond donors (Lipinski definition) is 0. The van der Waals surface area contributed by atoms with Gasteiger partial charge in [-0.1, -0.05) is 48.5 Å². The summed E-state index contributed by atoms with van der Waals surface area (Å²) in [6.45, 7) is 5.27. The van der Waals surface area contributed by atoms with Crippen LogP contribution in [0.25, 0.3) is 16.5 Å². The van der Waals surface area contributed by atoms with Crippen LogP contribution >= 0.6 is 0 Å². The Kier molecular flexibility index (Phi) is 5.60. The zero-order valence-electron chi connectivity index (χ0n) is 17.3. The molecule has 5 rings (SSSR count). The van der Waals surface area contributed by atoms with Crippen molar-refractivity contribution in [3.8, 4) is 0 Å². The fourth-order valence-electron chi connectivity index (χ4n) is 4.83. The maximum Gasteiger partial charge on any atom is 0.130 e. The number of nitrogens with zero attached hydrogens (tertiary/aromatic N) is 3. The lowest BCUT2D eigenvalue weighted by molar-refractivity contribution is 0.0875. The van der Waals surface area contributed by atoms with Crippen molar-refractivity contribution in [3.05, 3.63) is 83.8 Å². The molecule has 3 nitrogen and oxygen atoms in total. The third kappa shape index (κ3) is 4.16. The van der Waals surface area contributed by atoms with Crippen LogP contribution in [0, 0.1) is 5.82 Å².